The van der Waals surface area contributed by atoms with E-state index in [1.807, 2.05) is 12.3 Å². The molecule has 0 radical (unpaired) electrons. The molecule has 1 amide bonds. The summed E-state index contributed by atoms with van der Waals surface area (Å²) >= 11 is 1.63. The third-order valence-corrected chi connectivity index (χ3v) is 5.96. The highest BCUT2D eigenvalue weighted by molar-refractivity contribution is 7.98. The fourth-order valence-electron chi connectivity index (χ4n) is 3.91. The molecule has 0 spiro atoms. The average Bonchev–Trinajstić information content (AvgIpc) is 3.32. The van der Waals surface area contributed by atoms with Crippen LogP contribution in [-0.2, 0) is 24.3 Å². The minimum absolute atomic E-state index is 0.0112. The first-order valence-corrected chi connectivity index (χ1v) is 11.8. The molecule has 2 aromatic rings. The van der Waals surface area contributed by atoms with Gasteiger partial charge in [0.15, 0.2) is 5.16 Å². The molecule has 1 N–H and O–H groups in total. The zero-order chi connectivity index (χ0) is 20.6. The molecule has 6 nitrogen and oxygen atoms in total. The highest BCUT2D eigenvalue weighted by Gasteiger charge is 2.30. The van der Waals surface area contributed by atoms with Gasteiger partial charge in [0.2, 0.25) is 5.91 Å². The molecule has 29 heavy (non-hydrogen) atoms. The van der Waals surface area contributed by atoms with E-state index in [0.717, 1.165) is 56.3 Å². The minimum atomic E-state index is -0.0112. The van der Waals surface area contributed by atoms with Crippen molar-refractivity contribution in [1.82, 2.24) is 25.0 Å². The van der Waals surface area contributed by atoms with Crippen LogP contribution in [0.15, 0.2) is 35.5 Å². The van der Waals surface area contributed by atoms with Gasteiger partial charge in [0.1, 0.15) is 5.82 Å². The number of aromatic nitrogens is 3. The number of amides is 1. The second kappa shape index (κ2) is 10.8. The summed E-state index contributed by atoms with van der Waals surface area (Å²) in [5.41, 5.74) is 1.27. The molecule has 0 saturated carbocycles. The lowest BCUT2D eigenvalue weighted by atomic mass is 10.1. The topological polar surface area (TPSA) is 63.1 Å². The second-order valence-electron chi connectivity index (χ2n) is 8.12. The molecule has 1 aliphatic heterocycles. The van der Waals surface area contributed by atoms with Crippen molar-refractivity contribution in [2.24, 2.45) is 5.92 Å². The summed E-state index contributed by atoms with van der Waals surface area (Å²) in [6.07, 6.45) is 5.77. The first-order valence-electron chi connectivity index (χ1n) is 10.6. The maximum Gasteiger partial charge on any atom is 0.237 e. The Labute approximate surface area is 178 Å². The van der Waals surface area contributed by atoms with Gasteiger partial charge >= 0.3 is 0 Å². The zero-order valence-corrected chi connectivity index (χ0v) is 18.6. The average molecular weight is 416 g/mol. The molecule has 158 valence electrons. The van der Waals surface area contributed by atoms with Gasteiger partial charge in [-0.1, -0.05) is 55.9 Å². The van der Waals surface area contributed by atoms with Gasteiger partial charge < -0.3 is 9.88 Å². The molecule has 7 heteroatoms. The lowest BCUT2D eigenvalue weighted by Crippen LogP contribution is -2.43. The number of benzene rings is 1. The van der Waals surface area contributed by atoms with Crippen LogP contribution in [0.2, 0.25) is 0 Å². The van der Waals surface area contributed by atoms with Crippen molar-refractivity contribution in [3.63, 3.8) is 0 Å². The van der Waals surface area contributed by atoms with Gasteiger partial charge in [0.25, 0.3) is 0 Å². The second-order valence-corrected chi connectivity index (χ2v) is 8.89. The van der Waals surface area contributed by atoms with E-state index in [9.17, 15) is 4.79 Å². The molecule has 0 aliphatic carbocycles. The highest BCUT2D eigenvalue weighted by atomic mass is 32.2. The van der Waals surface area contributed by atoms with E-state index in [0.29, 0.717) is 12.5 Å². The van der Waals surface area contributed by atoms with Gasteiger partial charge in [-0.2, -0.15) is 0 Å². The third kappa shape index (κ3) is 6.06. The van der Waals surface area contributed by atoms with Crippen LogP contribution < -0.4 is 5.32 Å². The lowest BCUT2D eigenvalue weighted by Gasteiger charge is -2.23. The van der Waals surface area contributed by atoms with Crippen LogP contribution in [-0.4, -0.2) is 51.0 Å². The molecule has 3 rings (SSSR count). The molecule has 1 aliphatic rings. The molecule has 1 saturated heterocycles. The molecule has 1 atom stereocenters. The number of thioether (sulfide) groups is 1. The van der Waals surface area contributed by atoms with Crippen molar-refractivity contribution in [2.45, 2.75) is 63.8 Å². The Morgan fingerprint density at radius 3 is 2.79 bits per heavy atom. The van der Waals surface area contributed by atoms with Crippen molar-refractivity contribution < 1.29 is 4.79 Å². The molecule has 1 unspecified atom stereocenters. The number of likely N-dealkylation sites (tertiary alicyclic amines) is 1. The number of carbonyl (C=O) groups is 1. The fourth-order valence-corrected chi connectivity index (χ4v) is 4.43. The van der Waals surface area contributed by atoms with Gasteiger partial charge in [0.05, 0.1) is 6.04 Å². The SMILES string of the molecule is CSc1nnc(CCCNC(=O)C2CCCN2Cc2ccccc2)n1CC(C)C. The zero-order valence-electron chi connectivity index (χ0n) is 17.8. The standard InChI is InChI=1S/C22H33N5OS/c1-17(2)15-27-20(24-25-22(27)29-3)12-7-13-23-21(28)19-11-8-14-26(19)16-18-9-5-4-6-10-18/h4-6,9-10,17,19H,7-8,11-16H2,1-3H3,(H,23,28). The van der Waals surface area contributed by atoms with Gasteiger partial charge in [-0.05, 0) is 43.5 Å². The normalized spacial score (nSPS) is 17.2. The molecule has 1 aromatic carbocycles. The predicted octanol–water partition coefficient (Wildman–Crippen LogP) is 3.37. The summed E-state index contributed by atoms with van der Waals surface area (Å²) in [4.78, 5) is 15.0. The molecular weight excluding hydrogens is 382 g/mol. The maximum atomic E-state index is 12.7. The summed E-state index contributed by atoms with van der Waals surface area (Å²) in [6, 6.07) is 10.4. The fraction of sp³-hybridized carbons (Fsp3) is 0.591. The third-order valence-electron chi connectivity index (χ3n) is 5.29. The van der Waals surface area contributed by atoms with Crippen molar-refractivity contribution in [1.29, 1.82) is 0 Å². The summed E-state index contributed by atoms with van der Waals surface area (Å²) < 4.78 is 2.22. The number of hydrogen-bond acceptors (Lipinski definition) is 5. The summed E-state index contributed by atoms with van der Waals surface area (Å²) in [5, 5.41) is 12.8. The smallest absolute Gasteiger partial charge is 0.237 e. The van der Waals surface area contributed by atoms with Crippen LogP contribution in [0, 0.1) is 5.92 Å². The molecular formula is C22H33N5OS. The predicted molar refractivity (Wildman–Crippen MR) is 118 cm³/mol. The maximum absolute atomic E-state index is 12.7. The lowest BCUT2D eigenvalue weighted by molar-refractivity contribution is -0.125. The monoisotopic (exact) mass is 415 g/mol. The van der Waals surface area contributed by atoms with Crippen molar-refractivity contribution in [2.75, 3.05) is 19.3 Å². The van der Waals surface area contributed by atoms with Crippen LogP contribution in [0.1, 0.15) is 44.5 Å². The number of nitrogens with one attached hydrogen (secondary N) is 1. The molecule has 1 fully saturated rings. The van der Waals surface area contributed by atoms with Gasteiger partial charge in [-0.3, -0.25) is 9.69 Å². The molecule has 2 heterocycles. The van der Waals surface area contributed by atoms with E-state index >= 15 is 0 Å². The molecule has 1 aromatic heterocycles. The number of rotatable bonds is 10. The Balaban J connectivity index is 1.47. The first kappa shape index (κ1) is 21.8. The Hall–Kier alpha value is -1.86. The van der Waals surface area contributed by atoms with E-state index in [-0.39, 0.29) is 11.9 Å². The minimum Gasteiger partial charge on any atom is -0.355 e. The van der Waals surface area contributed by atoms with E-state index in [1.165, 1.54) is 5.56 Å². The number of carbonyl (C=O) groups excluding carboxylic acids is 1. The van der Waals surface area contributed by atoms with Crippen LogP contribution in [0.3, 0.4) is 0 Å². The van der Waals surface area contributed by atoms with Gasteiger partial charge in [0, 0.05) is 26.1 Å². The summed E-state index contributed by atoms with van der Waals surface area (Å²) in [5.74, 6) is 1.73. The Kier molecular flexibility index (Phi) is 8.12. The van der Waals surface area contributed by atoms with E-state index in [1.54, 1.807) is 11.8 Å². The number of nitrogens with zero attached hydrogens (tertiary/aromatic N) is 4. The molecule has 0 bridgehead atoms. The summed E-state index contributed by atoms with van der Waals surface area (Å²) in [7, 11) is 0. The van der Waals surface area contributed by atoms with Crippen LogP contribution in [0.25, 0.3) is 0 Å². The summed E-state index contributed by atoms with van der Waals surface area (Å²) in [6.45, 7) is 7.85. The van der Waals surface area contributed by atoms with Gasteiger partial charge in [-0.15, -0.1) is 10.2 Å². The van der Waals surface area contributed by atoms with E-state index in [2.05, 4.69) is 63.1 Å². The largest absolute Gasteiger partial charge is 0.355 e. The van der Waals surface area contributed by atoms with E-state index in [4.69, 9.17) is 0 Å². The first-order chi connectivity index (χ1) is 14.1. The van der Waals surface area contributed by atoms with Crippen molar-refractivity contribution in [3.05, 3.63) is 41.7 Å². The number of hydrogen-bond donors (Lipinski definition) is 1. The highest BCUT2D eigenvalue weighted by Crippen LogP contribution is 2.20. The Bertz CT molecular complexity index is 777. The quantitative estimate of drug-likeness (QED) is 0.476. The van der Waals surface area contributed by atoms with Crippen LogP contribution >= 0.6 is 11.8 Å². The van der Waals surface area contributed by atoms with Crippen LogP contribution in [0.4, 0.5) is 0 Å². The Morgan fingerprint density at radius 1 is 1.28 bits per heavy atom. The Morgan fingerprint density at radius 2 is 2.07 bits per heavy atom. The van der Waals surface area contributed by atoms with E-state index < -0.39 is 0 Å². The van der Waals surface area contributed by atoms with Crippen LogP contribution in [0.5, 0.6) is 0 Å². The van der Waals surface area contributed by atoms with Crippen molar-refractivity contribution in [3.8, 4) is 0 Å². The van der Waals surface area contributed by atoms with Gasteiger partial charge in [-0.25, -0.2) is 0 Å². The number of aryl methyl sites for hydroxylation is 1. The van der Waals surface area contributed by atoms with Crippen molar-refractivity contribution >= 4 is 17.7 Å².